The summed E-state index contributed by atoms with van der Waals surface area (Å²) in [6.45, 7) is 4.60. The number of nitrogens with two attached hydrogens (primary N) is 1. The van der Waals surface area contributed by atoms with Crippen LogP contribution in [0.15, 0.2) is 59.6 Å². The number of amides is 1. The molecule has 4 rings (SSSR count). The van der Waals surface area contributed by atoms with Gasteiger partial charge in [0.1, 0.15) is 11.5 Å². The summed E-state index contributed by atoms with van der Waals surface area (Å²) in [4.78, 5) is 21.1. The van der Waals surface area contributed by atoms with Crippen molar-refractivity contribution in [3.8, 4) is 11.3 Å². The average molecular weight is 402 g/mol. The number of nitrogens with zero attached hydrogens (tertiary/aromatic N) is 4. The van der Waals surface area contributed by atoms with E-state index in [4.69, 9.17) is 10.2 Å². The van der Waals surface area contributed by atoms with Gasteiger partial charge < -0.3 is 15.5 Å². The van der Waals surface area contributed by atoms with Crippen LogP contribution in [0, 0.1) is 13.8 Å². The summed E-state index contributed by atoms with van der Waals surface area (Å²) < 4.78 is 7.22. The lowest BCUT2D eigenvalue weighted by Crippen LogP contribution is -2.23. The standard InChI is InChI=1S/C22H22N6O2/c1-14-8-20(23)27-15(2)18(14)10-24-22(29)17-9-26-28(11-17)12-19-21(30-13-25-19)16-6-4-3-5-7-16/h3-9,11,13H,10,12H2,1-2H3,(H2,23,27)(H,24,29). The maximum Gasteiger partial charge on any atom is 0.254 e. The molecule has 3 N–H and O–H groups in total. The topological polar surface area (TPSA) is 112 Å². The molecule has 0 saturated heterocycles. The first-order valence-corrected chi connectivity index (χ1v) is 9.52. The molecule has 0 aliphatic heterocycles. The molecule has 152 valence electrons. The fourth-order valence-corrected chi connectivity index (χ4v) is 3.35. The van der Waals surface area contributed by atoms with E-state index >= 15 is 0 Å². The quantitative estimate of drug-likeness (QED) is 0.512. The molecular weight excluding hydrogens is 380 g/mol. The van der Waals surface area contributed by atoms with Crippen LogP contribution in [0.25, 0.3) is 11.3 Å². The molecule has 8 nitrogen and oxygen atoms in total. The minimum atomic E-state index is -0.208. The van der Waals surface area contributed by atoms with Crippen molar-refractivity contribution in [3.63, 3.8) is 0 Å². The smallest absolute Gasteiger partial charge is 0.254 e. The van der Waals surface area contributed by atoms with Crippen molar-refractivity contribution >= 4 is 11.7 Å². The van der Waals surface area contributed by atoms with Gasteiger partial charge >= 0.3 is 0 Å². The van der Waals surface area contributed by atoms with Crippen LogP contribution in [0.3, 0.4) is 0 Å². The minimum Gasteiger partial charge on any atom is -0.443 e. The van der Waals surface area contributed by atoms with E-state index in [2.05, 4.69) is 20.4 Å². The summed E-state index contributed by atoms with van der Waals surface area (Å²) in [5, 5.41) is 7.21. The number of hydrogen-bond donors (Lipinski definition) is 2. The Morgan fingerprint density at radius 3 is 2.80 bits per heavy atom. The van der Waals surface area contributed by atoms with Crippen LogP contribution >= 0.6 is 0 Å². The molecule has 4 aromatic rings. The van der Waals surface area contributed by atoms with Crippen LogP contribution in [0.4, 0.5) is 5.82 Å². The number of aromatic nitrogens is 4. The first kappa shape index (κ1) is 19.4. The van der Waals surface area contributed by atoms with Crippen molar-refractivity contribution in [1.29, 1.82) is 0 Å². The van der Waals surface area contributed by atoms with E-state index in [1.165, 1.54) is 6.39 Å². The Morgan fingerprint density at radius 1 is 1.23 bits per heavy atom. The SMILES string of the molecule is Cc1cc(N)nc(C)c1CNC(=O)c1cnn(Cc2ncoc2-c2ccccc2)c1. The Morgan fingerprint density at radius 2 is 2.03 bits per heavy atom. The third-order valence-electron chi connectivity index (χ3n) is 4.88. The van der Waals surface area contributed by atoms with E-state index in [1.807, 2.05) is 44.2 Å². The van der Waals surface area contributed by atoms with Gasteiger partial charge in [-0.1, -0.05) is 30.3 Å². The third-order valence-corrected chi connectivity index (χ3v) is 4.88. The molecule has 1 aromatic carbocycles. The predicted octanol–water partition coefficient (Wildman–Crippen LogP) is 3.11. The van der Waals surface area contributed by atoms with Crippen molar-refractivity contribution in [1.82, 2.24) is 25.1 Å². The maximum absolute atomic E-state index is 12.6. The summed E-state index contributed by atoms with van der Waals surface area (Å²) in [6, 6.07) is 11.6. The van der Waals surface area contributed by atoms with Gasteiger partial charge in [-0.3, -0.25) is 9.48 Å². The fourth-order valence-electron chi connectivity index (χ4n) is 3.35. The molecule has 8 heteroatoms. The Kier molecular flexibility index (Phi) is 5.30. The number of benzene rings is 1. The molecule has 0 aliphatic rings. The molecule has 30 heavy (non-hydrogen) atoms. The zero-order valence-electron chi connectivity index (χ0n) is 16.8. The van der Waals surface area contributed by atoms with Crippen LogP contribution in [0.2, 0.25) is 0 Å². The zero-order valence-corrected chi connectivity index (χ0v) is 16.8. The maximum atomic E-state index is 12.6. The molecule has 0 fully saturated rings. The average Bonchev–Trinajstić information content (AvgIpc) is 3.38. The molecule has 0 bridgehead atoms. The number of rotatable bonds is 6. The molecule has 1 amide bonds. The molecule has 0 radical (unpaired) electrons. The summed E-state index contributed by atoms with van der Waals surface area (Å²) in [5.74, 6) is 0.961. The van der Waals surface area contributed by atoms with Crippen molar-refractivity contribution < 1.29 is 9.21 Å². The first-order valence-electron chi connectivity index (χ1n) is 9.52. The van der Waals surface area contributed by atoms with Crippen molar-refractivity contribution in [2.75, 3.05) is 5.73 Å². The molecule has 0 spiro atoms. The molecule has 0 aliphatic carbocycles. The summed E-state index contributed by atoms with van der Waals surface area (Å²) >= 11 is 0. The summed E-state index contributed by atoms with van der Waals surface area (Å²) in [7, 11) is 0. The number of oxazole rings is 1. The van der Waals surface area contributed by atoms with Gasteiger partial charge in [-0.05, 0) is 31.0 Å². The molecule has 3 heterocycles. The highest BCUT2D eigenvalue weighted by atomic mass is 16.3. The fraction of sp³-hybridized carbons (Fsp3) is 0.182. The number of nitrogen functional groups attached to an aromatic ring is 1. The van der Waals surface area contributed by atoms with Crippen molar-refractivity contribution in [2.24, 2.45) is 0 Å². The van der Waals surface area contributed by atoms with Gasteiger partial charge in [0.15, 0.2) is 12.2 Å². The molecule has 3 aromatic heterocycles. The van der Waals surface area contributed by atoms with Crippen LogP contribution in [-0.2, 0) is 13.1 Å². The third kappa shape index (κ3) is 4.07. The van der Waals surface area contributed by atoms with Gasteiger partial charge in [0, 0.05) is 24.0 Å². The highest BCUT2D eigenvalue weighted by Gasteiger charge is 2.14. The van der Waals surface area contributed by atoms with Gasteiger partial charge in [0.05, 0.1) is 18.3 Å². The molecule has 0 unspecified atom stereocenters. The minimum absolute atomic E-state index is 0.208. The van der Waals surface area contributed by atoms with Gasteiger partial charge in [-0.15, -0.1) is 0 Å². The number of aryl methyl sites for hydroxylation is 2. The number of hydrogen-bond acceptors (Lipinski definition) is 6. The van der Waals surface area contributed by atoms with E-state index in [1.54, 1.807) is 23.1 Å². The Bertz CT molecular complexity index is 1160. The predicted molar refractivity (Wildman–Crippen MR) is 113 cm³/mol. The second-order valence-electron chi connectivity index (χ2n) is 7.03. The van der Waals surface area contributed by atoms with E-state index in [0.717, 1.165) is 28.1 Å². The Labute approximate surface area is 173 Å². The van der Waals surface area contributed by atoms with E-state index < -0.39 is 0 Å². The number of pyridine rings is 1. The first-order chi connectivity index (χ1) is 14.5. The normalized spacial score (nSPS) is 10.9. The van der Waals surface area contributed by atoms with Crippen LogP contribution in [0.1, 0.15) is 32.9 Å². The lowest BCUT2D eigenvalue weighted by Gasteiger charge is -2.11. The summed E-state index contributed by atoms with van der Waals surface area (Å²) in [5.41, 5.74) is 10.7. The van der Waals surface area contributed by atoms with Gasteiger partial charge in [-0.2, -0.15) is 5.10 Å². The number of carbonyl (C=O) groups excluding carboxylic acids is 1. The van der Waals surface area contributed by atoms with Crippen LogP contribution < -0.4 is 11.1 Å². The summed E-state index contributed by atoms with van der Waals surface area (Å²) in [6.07, 6.45) is 4.65. The van der Waals surface area contributed by atoms with Crippen molar-refractivity contribution in [3.05, 3.63) is 83.3 Å². The number of carbonyl (C=O) groups is 1. The van der Waals surface area contributed by atoms with Crippen LogP contribution in [-0.4, -0.2) is 25.7 Å². The Hall–Kier alpha value is -3.94. The van der Waals surface area contributed by atoms with Crippen molar-refractivity contribution in [2.45, 2.75) is 26.9 Å². The van der Waals surface area contributed by atoms with E-state index in [-0.39, 0.29) is 5.91 Å². The number of anilines is 1. The molecule has 0 atom stereocenters. The second-order valence-corrected chi connectivity index (χ2v) is 7.03. The largest absolute Gasteiger partial charge is 0.443 e. The van der Waals surface area contributed by atoms with Gasteiger partial charge in [-0.25, -0.2) is 9.97 Å². The second kappa shape index (κ2) is 8.20. The highest BCUT2D eigenvalue weighted by Crippen LogP contribution is 2.23. The zero-order chi connectivity index (χ0) is 21.1. The number of nitrogens with one attached hydrogen (secondary N) is 1. The Balaban J connectivity index is 1.44. The monoisotopic (exact) mass is 402 g/mol. The van der Waals surface area contributed by atoms with E-state index in [9.17, 15) is 4.79 Å². The van der Waals surface area contributed by atoms with E-state index in [0.29, 0.717) is 30.2 Å². The van der Waals surface area contributed by atoms with Gasteiger partial charge in [0.25, 0.3) is 5.91 Å². The molecule has 0 saturated carbocycles. The van der Waals surface area contributed by atoms with Crippen LogP contribution in [0.5, 0.6) is 0 Å². The highest BCUT2D eigenvalue weighted by molar-refractivity contribution is 5.93. The van der Waals surface area contributed by atoms with Gasteiger partial charge in [0.2, 0.25) is 0 Å². The lowest BCUT2D eigenvalue weighted by atomic mass is 10.1. The molecular formula is C22H22N6O2. The lowest BCUT2D eigenvalue weighted by molar-refractivity contribution is 0.0950.